The van der Waals surface area contributed by atoms with E-state index in [0.29, 0.717) is 11.5 Å². The van der Waals surface area contributed by atoms with Crippen LogP contribution in [0, 0.1) is 6.92 Å². The minimum absolute atomic E-state index is 0.182. The summed E-state index contributed by atoms with van der Waals surface area (Å²) in [6, 6.07) is 24.7. The third-order valence-corrected chi connectivity index (χ3v) is 5.04. The fourth-order valence-electron chi connectivity index (χ4n) is 3.20. The van der Waals surface area contributed by atoms with E-state index in [4.69, 9.17) is 9.15 Å². The molecule has 0 aliphatic heterocycles. The van der Waals surface area contributed by atoms with Crippen LogP contribution >= 0.6 is 0 Å². The monoisotopic (exact) mass is 441 g/mol. The van der Waals surface area contributed by atoms with E-state index < -0.39 is 12.1 Å². The molecule has 7 heteroatoms. The number of nitrogens with one attached hydrogen (secondary N) is 1. The normalized spacial score (nSPS) is 11.6. The first-order valence-corrected chi connectivity index (χ1v) is 10.5. The smallest absolute Gasteiger partial charge is 0.326 e. The van der Waals surface area contributed by atoms with E-state index in [1.807, 2.05) is 73.7 Å². The lowest BCUT2D eigenvalue weighted by Gasteiger charge is -2.10. The lowest BCUT2D eigenvalue weighted by Crippen LogP contribution is -2.31. The van der Waals surface area contributed by atoms with E-state index in [2.05, 4.69) is 15.5 Å². The van der Waals surface area contributed by atoms with Crippen LogP contribution in [0.4, 0.5) is 0 Å². The molecule has 1 aromatic heterocycles. The van der Waals surface area contributed by atoms with E-state index in [1.54, 1.807) is 19.1 Å². The maximum Gasteiger partial charge on any atom is 0.326 e. The number of ether oxygens (including phenoxy) is 1. The predicted molar refractivity (Wildman–Crippen MR) is 123 cm³/mol. The minimum atomic E-state index is -0.744. The second kappa shape index (κ2) is 9.91. The van der Waals surface area contributed by atoms with Crippen molar-refractivity contribution in [3.05, 3.63) is 95.9 Å². The van der Waals surface area contributed by atoms with Gasteiger partial charge in [0.15, 0.2) is 6.10 Å². The molecule has 4 aromatic rings. The van der Waals surface area contributed by atoms with Crippen LogP contribution in [0.25, 0.3) is 22.6 Å². The Kier molecular flexibility index (Phi) is 6.59. The second-order valence-corrected chi connectivity index (χ2v) is 7.57. The number of carbonyl (C=O) groups excluding carboxylic acids is 2. The van der Waals surface area contributed by atoms with Crippen LogP contribution in [0.3, 0.4) is 0 Å². The molecule has 0 saturated carbocycles. The van der Waals surface area contributed by atoms with Gasteiger partial charge in [0.1, 0.15) is 6.54 Å². The van der Waals surface area contributed by atoms with Crippen LogP contribution in [0.15, 0.2) is 83.3 Å². The number of aryl methyl sites for hydroxylation is 1. The highest BCUT2D eigenvalue weighted by molar-refractivity contribution is 5.96. The third-order valence-electron chi connectivity index (χ3n) is 5.04. The topological polar surface area (TPSA) is 94.3 Å². The van der Waals surface area contributed by atoms with Crippen molar-refractivity contribution >= 4 is 11.9 Å². The maximum absolute atomic E-state index is 12.4. The Hall–Kier alpha value is -4.26. The highest BCUT2D eigenvalue weighted by Gasteiger charge is 2.19. The Bertz CT molecular complexity index is 1230. The number of aromatic nitrogens is 2. The highest BCUT2D eigenvalue weighted by atomic mass is 16.6. The molecular formula is C26H23N3O4. The molecule has 0 radical (unpaired) electrons. The molecular weight excluding hydrogens is 418 g/mol. The van der Waals surface area contributed by atoms with Crippen LogP contribution in [-0.4, -0.2) is 28.6 Å². The summed E-state index contributed by atoms with van der Waals surface area (Å²) < 4.78 is 10.9. The molecule has 33 heavy (non-hydrogen) atoms. The Balaban J connectivity index is 1.29. The molecule has 7 nitrogen and oxygen atoms in total. The first-order valence-electron chi connectivity index (χ1n) is 10.5. The number of carbonyl (C=O) groups is 2. The van der Waals surface area contributed by atoms with Gasteiger partial charge in [-0.1, -0.05) is 60.2 Å². The summed E-state index contributed by atoms with van der Waals surface area (Å²) in [7, 11) is 0. The fourth-order valence-corrected chi connectivity index (χ4v) is 3.20. The van der Waals surface area contributed by atoms with Crippen LogP contribution in [0.5, 0.6) is 0 Å². The van der Waals surface area contributed by atoms with Gasteiger partial charge in [-0.3, -0.25) is 9.59 Å². The fraction of sp³-hybridized carbons (Fsp3) is 0.154. The molecule has 0 aliphatic carbocycles. The molecule has 0 saturated heterocycles. The largest absolute Gasteiger partial charge is 0.451 e. The van der Waals surface area contributed by atoms with E-state index in [-0.39, 0.29) is 18.3 Å². The molecule has 166 valence electrons. The number of nitrogens with zero attached hydrogens (tertiary/aromatic N) is 2. The molecule has 0 aliphatic rings. The van der Waals surface area contributed by atoms with Gasteiger partial charge in [0.2, 0.25) is 5.89 Å². The number of hydrogen-bond acceptors (Lipinski definition) is 6. The average Bonchev–Trinajstić information content (AvgIpc) is 3.34. The zero-order valence-corrected chi connectivity index (χ0v) is 18.3. The van der Waals surface area contributed by atoms with E-state index >= 15 is 0 Å². The zero-order chi connectivity index (χ0) is 23.2. The summed E-state index contributed by atoms with van der Waals surface area (Å²) in [5, 5.41) is 10.5. The SMILES string of the molecule is Cc1ccc(-c2nnc(C(C)OC(=O)CNC(=O)c3ccc(-c4ccccc4)cc3)o2)cc1. The van der Waals surface area contributed by atoms with E-state index in [1.165, 1.54) is 0 Å². The van der Waals surface area contributed by atoms with Crippen molar-refractivity contribution in [3.63, 3.8) is 0 Å². The summed E-state index contributed by atoms with van der Waals surface area (Å²) in [6.07, 6.45) is -0.744. The van der Waals surface area contributed by atoms with Crippen molar-refractivity contribution in [3.8, 4) is 22.6 Å². The van der Waals surface area contributed by atoms with Gasteiger partial charge >= 0.3 is 5.97 Å². The second-order valence-electron chi connectivity index (χ2n) is 7.57. The third kappa shape index (κ3) is 5.51. The van der Waals surface area contributed by atoms with Crippen molar-refractivity contribution in [2.24, 2.45) is 0 Å². The lowest BCUT2D eigenvalue weighted by molar-refractivity contribution is -0.148. The Morgan fingerprint density at radius 2 is 1.52 bits per heavy atom. The Morgan fingerprint density at radius 1 is 0.879 bits per heavy atom. The van der Waals surface area contributed by atoms with Crippen molar-refractivity contribution in [1.29, 1.82) is 0 Å². The average molecular weight is 441 g/mol. The first kappa shape index (κ1) is 22.0. The summed E-state index contributed by atoms with van der Waals surface area (Å²) in [5.74, 6) is -0.438. The quantitative estimate of drug-likeness (QED) is 0.416. The molecule has 3 aromatic carbocycles. The Morgan fingerprint density at radius 3 is 2.21 bits per heavy atom. The molecule has 1 atom stereocenters. The maximum atomic E-state index is 12.4. The molecule has 1 heterocycles. The standard InChI is InChI=1S/C26H23N3O4/c1-17-8-10-22(11-9-17)26-29-28-25(33-26)18(2)32-23(30)16-27-24(31)21-14-12-20(13-15-21)19-6-4-3-5-7-19/h3-15,18H,16H2,1-2H3,(H,27,31). The van der Waals surface area contributed by atoms with Gasteiger partial charge in [0.05, 0.1) is 0 Å². The van der Waals surface area contributed by atoms with Crippen molar-refractivity contribution < 1.29 is 18.7 Å². The molecule has 0 fully saturated rings. The highest BCUT2D eigenvalue weighted by Crippen LogP contribution is 2.23. The number of amides is 1. The number of esters is 1. The van der Waals surface area contributed by atoms with Crippen LogP contribution in [-0.2, 0) is 9.53 Å². The lowest BCUT2D eigenvalue weighted by atomic mass is 10.0. The van der Waals surface area contributed by atoms with Gasteiger partial charge < -0.3 is 14.5 Å². The number of benzene rings is 3. The summed E-state index contributed by atoms with van der Waals surface area (Å²) in [4.78, 5) is 24.6. The number of hydrogen-bond donors (Lipinski definition) is 1. The van der Waals surface area contributed by atoms with Crippen LogP contribution in [0.2, 0.25) is 0 Å². The summed E-state index contributed by atoms with van der Waals surface area (Å²) in [5.41, 5.74) is 4.42. The Labute approximate surface area is 191 Å². The molecule has 0 bridgehead atoms. The number of rotatable bonds is 7. The van der Waals surface area contributed by atoms with Gasteiger partial charge in [-0.2, -0.15) is 0 Å². The van der Waals surface area contributed by atoms with Gasteiger partial charge in [0, 0.05) is 11.1 Å². The summed E-state index contributed by atoms with van der Waals surface area (Å²) in [6.45, 7) is 3.35. The van der Waals surface area contributed by atoms with Gasteiger partial charge in [-0.25, -0.2) is 0 Å². The molecule has 1 unspecified atom stereocenters. The van der Waals surface area contributed by atoms with Crippen molar-refractivity contribution in [2.45, 2.75) is 20.0 Å². The minimum Gasteiger partial charge on any atom is -0.451 e. The van der Waals surface area contributed by atoms with Crippen LogP contribution in [0.1, 0.15) is 34.8 Å². The van der Waals surface area contributed by atoms with Crippen LogP contribution < -0.4 is 5.32 Å². The van der Waals surface area contributed by atoms with Crippen molar-refractivity contribution in [1.82, 2.24) is 15.5 Å². The van der Waals surface area contributed by atoms with Gasteiger partial charge in [-0.05, 0) is 49.2 Å². The molecule has 4 rings (SSSR count). The molecule has 1 N–H and O–H groups in total. The van der Waals surface area contributed by atoms with E-state index in [9.17, 15) is 9.59 Å². The van der Waals surface area contributed by atoms with E-state index in [0.717, 1.165) is 22.3 Å². The van der Waals surface area contributed by atoms with Gasteiger partial charge in [0.25, 0.3) is 11.8 Å². The van der Waals surface area contributed by atoms with Crippen molar-refractivity contribution in [2.75, 3.05) is 6.54 Å². The first-order chi connectivity index (χ1) is 16.0. The zero-order valence-electron chi connectivity index (χ0n) is 18.3. The predicted octanol–water partition coefficient (Wildman–Crippen LogP) is 4.75. The summed E-state index contributed by atoms with van der Waals surface area (Å²) >= 11 is 0. The molecule has 1 amide bonds. The van der Waals surface area contributed by atoms with Gasteiger partial charge in [-0.15, -0.1) is 10.2 Å². The molecule has 0 spiro atoms.